The number of Topliss-reactive ketones (excluding diaryl/α,β-unsaturated/α-hetero) is 1. The monoisotopic (exact) mass is 282 g/mol. The van der Waals surface area contributed by atoms with Crippen molar-refractivity contribution in [2.24, 2.45) is 0 Å². The van der Waals surface area contributed by atoms with Gasteiger partial charge in [-0.25, -0.2) is 0 Å². The zero-order chi connectivity index (χ0) is 14.5. The molecule has 1 aliphatic heterocycles. The van der Waals surface area contributed by atoms with Crippen LogP contribution in [0.1, 0.15) is 64.7 Å². The van der Waals surface area contributed by atoms with Crippen molar-refractivity contribution in [2.75, 3.05) is 0 Å². The average molecular weight is 282 g/mol. The molecule has 0 saturated heterocycles. The van der Waals surface area contributed by atoms with Crippen LogP contribution in [0.5, 0.6) is 0 Å². The molecule has 4 nitrogen and oxygen atoms in total. The summed E-state index contributed by atoms with van der Waals surface area (Å²) in [5.74, 6) is 0.534. The number of aliphatic hydroxyl groups excluding tert-OH is 2. The lowest BCUT2D eigenvalue weighted by atomic mass is 9.87. The fourth-order valence-corrected chi connectivity index (χ4v) is 3.05. The minimum atomic E-state index is -0.669. The number of ether oxygens (including phenoxy) is 1. The predicted molar refractivity (Wildman–Crippen MR) is 76.1 cm³/mol. The third kappa shape index (κ3) is 3.61. The van der Waals surface area contributed by atoms with Crippen LogP contribution in [0.25, 0.3) is 0 Å². The molecule has 1 heterocycles. The Kier molecular flexibility index (Phi) is 5.61. The molecule has 20 heavy (non-hydrogen) atoms. The van der Waals surface area contributed by atoms with E-state index >= 15 is 0 Å². The lowest BCUT2D eigenvalue weighted by molar-refractivity contribution is -0.120. The van der Waals surface area contributed by atoms with E-state index in [-0.39, 0.29) is 11.9 Å². The maximum absolute atomic E-state index is 11.8. The average Bonchev–Trinajstić information content (AvgIpc) is 2.47. The van der Waals surface area contributed by atoms with Crippen molar-refractivity contribution in [1.29, 1.82) is 0 Å². The molecular formula is C16H26O4. The smallest absolute Gasteiger partial charge is 0.162 e. The Hall–Kier alpha value is -0.870. The Bertz CT molecular complexity index is 375. The number of hydrogen-bond acceptors (Lipinski definition) is 4. The lowest BCUT2D eigenvalue weighted by Crippen LogP contribution is -2.37. The van der Waals surface area contributed by atoms with Crippen LogP contribution in [0.2, 0.25) is 0 Å². The summed E-state index contributed by atoms with van der Waals surface area (Å²) in [7, 11) is 0. The number of carbonyl (C=O) groups excluding carboxylic acids is 1. The molecule has 2 N–H and O–H groups in total. The van der Waals surface area contributed by atoms with E-state index in [4.69, 9.17) is 4.74 Å². The third-order valence-corrected chi connectivity index (χ3v) is 4.32. The van der Waals surface area contributed by atoms with Gasteiger partial charge in [-0.1, -0.05) is 32.6 Å². The van der Waals surface area contributed by atoms with Crippen molar-refractivity contribution < 1.29 is 19.7 Å². The summed E-state index contributed by atoms with van der Waals surface area (Å²) >= 11 is 0. The number of rotatable bonds is 6. The van der Waals surface area contributed by atoms with E-state index in [9.17, 15) is 15.0 Å². The fourth-order valence-electron chi connectivity index (χ4n) is 3.05. The maximum Gasteiger partial charge on any atom is 0.162 e. The zero-order valence-electron chi connectivity index (χ0n) is 12.3. The van der Waals surface area contributed by atoms with Crippen LogP contribution < -0.4 is 0 Å². The highest BCUT2D eigenvalue weighted by molar-refractivity contribution is 5.97. The number of allylic oxidation sites excluding steroid dienone is 1. The Labute approximate surface area is 120 Å². The maximum atomic E-state index is 11.8. The Morgan fingerprint density at radius 2 is 2.05 bits per heavy atom. The van der Waals surface area contributed by atoms with Crippen molar-refractivity contribution in [3.8, 4) is 0 Å². The van der Waals surface area contributed by atoms with Gasteiger partial charge in [-0.2, -0.15) is 0 Å². The molecule has 3 atom stereocenters. The highest BCUT2D eigenvalue weighted by atomic mass is 16.5. The Balaban J connectivity index is 1.89. The molecule has 0 spiro atoms. The van der Waals surface area contributed by atoms with Gasteiger partial charge in [0.05, 0.1) is 6.10 Å². The number of unbranched alkanes of at least 4 members (excludes halogenated alkanes) is 3. The number of hydrogen-bond donors (Lipinski definition) is 2. The molecule has 0 aromatic rings. The van der Waals surface area contributed by atoms with Crippen LogP contribution in [-0.4, -0.2) is 34.3 Å². The molecule has 0 saturated carbocycles. The van der Waals surface area contributed by atoms with Crippen molar-refractivity contribution >= 4 is 5.78 Å². The van der Waals surface area contributed by atoms with E-state index in [1.165, 1.54) is 12.8 Å². The second kappa shape index (κ2) is 7.23. The summed E-state index contributed by atoms with van der Waals surface area (Å²) in [6, 6.07) is 0. The molecule has 2 rings (SSSR count). The van der Waals surface area contributed by atoms with Crippen LogP contribution in [0.15, 0.2) is 11.3 Å². The van der Waals surface area contributed by atoms with E-state index in [2.05, 4.69) is 6.92 Å². The van der Waals surface area contributed by atoms with E-state index in [1.54, 1.807) is 0 Å². The van der Waals surface area contributed by atoms with E-state index in [0.717, 1.165) is 19.3 Å². The largest absolute Gasteiger partial charge is 0.489 e. The first kappa shape index (κ1) is 15.5. The summed E-state index contributed by atoms with van der Waals surface area (Å²) < 4.78 is 5.75. The number of carbonyl (C=O) groups is 1. The topological polar surface area (TPSA) is 66.8 Å². The van der Waals surface area contributed by atoms with Crippen LogP contribution in [-0.2, 0) is 9.53 Å². The van der Waals surface area contributed by atoms with Gasteiger partial charge in [0.25, 0.3) is 0 Å². The number of ketones is 1. The first-order valence-electron chi connectivity index (χ1n) is 7.92. The summed E-state index contributed by atoms with van der Waals surface area (Å²) in [4.78, 5) is 11.8. The molecular weight excluding hydrogens is 256 g/mol. The fraction of sp³-hybridized carbons (Fsp3) is 0.812. The highest BCUT2D eigenvalue weighted by Crippen LogP contribution is 2.34. The minimum absolute atomic E-state index is 0.0983. The van der Waals surface area contributed by atoms with Gasteiger partial charge in [-0.15, -0.1) is 0 Å². The van der Waals surface area contributed by atoms with Gasteiger partial charge in [0.1, 0.15) is 18.0 Å². The zero-order valence-corrected chi connectivity index (χ0v) is 12.3. The van der Waals surface area contributed by atoms with E-state index in [1.807, 2.05) is 0 Å². The first-order chi connectivity index (χ1) is 9.63. The third-order valence-electron chi connectivity index (χ3n) is 4.32. The minimum Gasteiger partial charge on any atom is -0.489 e. The standard InChI is InChI=1S/C16H26O4/c1-2-3-4-5-6-13(18)15-10-7-11-12(17)8-9-14(19)16(11)20-15/h13-15,18-19H,2-10H2,1H3/t13-,14-,15-/m1/s1. The summed E-state index contributed by atoms with van der Waals surface area (Å²) in [6.07, 6.45) is 5.97. The van der Waals surface area contributed by atoms with E-state index in [0.29, 0.717) is 37.0 Å². The molecule has 0 fully saturated rings. The summed E-state index contributed by atoms with van der Waals surface area (Å²) in [5.41, 5.74) is 0.651. The van der Waals surface area contributed by atoms with Gasteiger partial charge >= 0.3 is 0 Å². The SMILES string of the molecule is CCCCCC[C@@H](O)[C@H]1CCC2=C(O1)[C@H](O)CCC2=O. The summed E-state index contributed by atoms with van der Waals surface area (Å²) in [5, 5.41) is 20.2. The van der Waals surface area contributed by atoms with Crippen molar-refractivity contribution in [3.05, 3.63) is 11.3 Å². The molecule has 0 amide bonds. The van der Waals surface area contributed by atoms with Gasteiger partial charge in [0, 0.05) is 12.0 Å². The lowest BCUT2D eigenvalue weighted by Gasteiger charge is -2.35. The van der Waals surface area contributed by atoms with Gasteiger partial charge in [0.2, 0.25) is 0 Å². The van der Waals surface area contributed by atoms with Gasteiger partial charge < -0.3 is 14.9 Å². The first-order valence-corrected chi connectivity index (χ1v) is 7.92. The van der Waals surface area contributed by atoms with Crippen LogP contribution in [0, 0.1) is 0 Å². The van der Waals surface area contributed by atoms with Crippen LogP contribution in [0.4, 0.5) is 0 Å². The van der Waals surface area contributed by atoms with Crippen molar-refractivity contribution in [1.82, 2.24) is 0 Å². The molecule has 114 valence electrons. The molecule has 0 aromatic heterocycles. The van der Waals surface area contributed by atoms with Crippen LogP contribution >= 0.6 is 0 Å². The molecule has 1 aliphatic carbocycles. The highest BCUT2D eigenvalue weighted by Gasteiger charge is 2.36. The second-order valence-corrected chi connectivity index (χ2v) is 5.93. The quantitative estimate of drug-likeness (QED) is 0.734. The molecule has 0 aromatic carbocycles. The van der Waals surface area contributed by atoms with Gasteiger partial charge in [0.15, 0.2) is 5.78 Å². The Morgan fingerprint density at radius 3 is 2.80 bits per heavy atom. The summed E-state index contributed by atoms with van der Waals surface area (Å²) in [6.45, 7) is 2.16. The van der Waals surface area contributed by atoms with Crippen molar-refractivity contribution in [3.63, 3.8) is 0 Å². The van der Waals surface area contributed by atoms with Gasteiger partial charge in [-0.3, -0.25) is 4.79 Å². The number of aliphatic hydroxyl groups is 2. The van der Waals surface area contributed by atoms with E-state index < -0.39 is 12.2 Å². The Morgan fingerprint density at radius 1 is 1.25 bits per heavy atom. The van der Waals surface area contributed by atoms with Crippen molar-refractivity contribution in [2.45, 2.75) is 83.0 Å². The molecule has 0 radical (unpaired) electrons. The molecule has 0 bridgehead atoms. The molecule has 2 aliphatic rings. The predicted octanol–water partition coefficient (Wildman–Crippen LogP) is 2.47. The molecule has 0 unspecified atom stereocenters. The van der Waals surface area contributed by atoms with Crippen LogP contribution in [0.3, 0.4) is 0 Å². The second-order valence-electron chi connectivity index (χ2n) is 5.93. The molecule has 4 heteroatoms. The normalized spacial score (nSPS) is 28.1. The van der Waals surface area contributed by atoms with Gasteiger partial charge in [-0.05, 0) is 25.7 Å².